The number of anilines is 1. The highest BCUT2D eigenvalue weighted by Crippen LogP contribution is 2.22. The van der Waals surface area contributed by atoms with Gasteiger partial charge < -0.3 is 20.1 Å². The number of nitrogens with zero attached hydrogens (tertiary/aromatic N) is 1. The van der Waals surface area contributed by atoms with Crippen molar-refractivity contribution in [2.75, 3.05) is 32.2 Å². The predicted molar refractivity (Wildman–Crippen MR) is 93.0 cm³/mol. The highest BCUT2D eigenvalue weighted by molar-refractivity contribution is 6.04. The lowest BCUT2D eigenvalue weighted by atomic mass is 10.1. The van der Waals surface area contributed by atoms with E-state index in [0.29, 0.717) is 24.5 Å². The van der Waals surface area contributed by atoms with E-state index in [9.17, 15) is 9.18 Å². The van der Waals surface area contributed by atoms with Crippen molar-refractivity contribution >= 4 is 24.0 Å². The van der Waals surface area contributed by atoms with Crippen LogP contribution >= 0.6 is 12.4 Å². The van der Waals surface area contributed by atoms with E-state index in [4.69, 9.17) is 9.47 Å². The minimum Gasteiger partial charge on any atom is -0.488 e. The molecule has 1 aromatic carbocycles. The summed E-state index contributed by atoms with van der Waals surface area (Å²) in [6.07, 6.45) is 0.803. The summed E-state index contributed by atoms with van der Waals surface area (Å²) in [7, 11) is 1.54. The average Bonchev–Trinajstić information content (AvgIpc) is 3.01. The Kier molecular flexibility index (Phi) is 6.74. The lowest BCUT2D eigenvalue weighted by Crippen LogP contribution is -2.25. The fourth-order valence-corrected chi connectivity index (χ4v) is 2.53. The Hall–Kier alpha value is -2.16. The van der Waals surface area contributed by atoms with Crippen molar-refractivity contribution in [1.82, 2.24) is 15.5 Å². The number of hydrogen-bond acceptors (Lipinski definition) is 5. The number of amides is 1. The molecule has 0 aliphatic carbocycles. The van der Waals surface area contributed by atoms with Crippen molar-refractivity contribution in [3.05, 3.63) is 41.0 Å². The molecule has 1 aliphatic rings. The Morgan fingerprint density at radius 2 is 2.24 bits per heavy atom. The number of carbonyl (C=O) groups excluding carboxylic acids is 1. The number of benzene rings is 1. The normalized spacial score (nSPS) is 12.9. The van der Waals surface area contributed by atoms with Crippen molar-refractivity contribution in [2.45, 2.75) is 13.0 Å². The molecule has 0 bridgehead atoms. The number of hydrogen-bond donors (Lipinski definition) is 3. The zero-order chi connectivity index (χ0) is 16.9. The summed E-state index contributed by atoms with van der Waals surface area (Å²) in [6, 6.07) is 4.28. The van der Waals surface area contributed by atoms with Crippen LogP contribution in [0.1, 0.15) is 21.7 Å². The Morgan fingerprint density at radius 1 is 1.40 bits per heavy atom. The zero-order valence-electron chi connectivity index (χ0n) is 13.7. The SMILES string of the molecule is COCCOc1ccc(NC(=O)c2n[nH]c3c2CNCC3)cc1F.Cl. The highest BCUT2D eigenvalue weighted by atomic mass is 35.5. The molecule has 7 nitrogen and oxygen atoms in total. The van der Waals surface area contributed by atoms with Crippen LogP contribution in [-0.4, -0.2) is 43.0 Å². The summed E-state index contributed by atoms with van der Waals surface area (Å²) in [6.45, 7) is 2.07. The molecule has 3 rings (SSSR count). The maximum Gasteiger partial charge on any atom is 0.276 e. The quantitative estimate of drug-likeness (QED) is 0.676. The topological polar surface area (TPSA) is 88.3 Å². The van der Waals surface area contributed by atoms with Gasteiger partial charge in [-0.15, -0.1) is 12.4 Å². The summed E-state index contributed by atoms with van der Waals surface area (Å²) in [5.74, 6) is -0.801. The summed E-state index contributed by atoms with van der Waals surface area (Å²) < 4.78 is 24.1. The molecule has 3 N–H and O–H groups in total. The van der Waals surface area contributed by atoms with Gasteiger partial charge in [0, 0.05) is 49.6 Å². The van der Waals surface area contributed by atoms with Crippen LogP contribution in [0.5, 0.6) is 5.75 Å². The van der Waals surface area contributed by atoms with Gasteiger partial charge in [-0.05, 0) is 12.1 Å². The number of fused-ring (bicyclic) bond motifs is 1. The molecule has 0 spiro atoms. The maximum atomic E-state index is 14.0. The van der Waals surface area contributed by atoms with Gasteiger partial charge >= 0.3 is 0 Å². The van der Waals surface area contributed by atoms with Crippen molar-refractivity contribution in [3.63, 3.8) is 0 Å². The predicted octanol–water partition coefficient (Wildman–Crippen LogP) is 1.89. The van der Waals surface area contributed by atoms with Gasteiger partial charge in [0.1, 0.15) is 6.61 Å². The van der Waals surface area contributed by atoms with E-state index in [1.807, 2.05) is 0 Å². The molecule has 1 aliphatic heterocycles. The Bertz CT molecular complexity index is 738. The van der Waals surface area contributed by atoms with Crippen LogP contribution < -0.4 is 15.4 Å². The number of H-pyrrole nitrogens is 1. The van der Waals surface area contributed by atoms with E-state index < -0.39 is 5.82 Å². The maximum absolute atomic E-state index is 14.0. The van der Waals surface area contributed by atoms with Gasteiger partial charge in [0.2, 0.25) is 0 Å². The summed E-state index contributed by atoms with van der Waals surface area (Å²) in [4.78, 5) is 12.4. The summed E-state index contributed by atoms with van der Waals surface area (Å²) in [5.41, 5.74) is 2.50. The number of rotatable bonds is 6. The van der Waals surface area contributed by atoms with Gasteiger partial charge in [-0.1, -0.05) is 0 Å². The third-order valence-corrected chi connectivity index (χ3v) is 3.76. The molecule has 2 heterocycles. The number of ether oxygens (including phenoxy) is 2. The summed E-state index contributed by atoms with van der Waals surface area (Å²) in [5, 5.41) is 12.8. The molecule has 0 saturated heterocycles. The third-order valence-electron chi connectivity index (χ3n) is 3.76. The van der Waals surface area contributed by atoms with Gasteiger partial charge in [-0.2, -0.15) is 5.10 Å². The number of carbonyl (C=O) groups is 1. The second kappa shape index (κ2) is 8.80. The standard InChI is InChI=1S/C16H19FN4O3.ClH/c1-23-6-7-24-14-3-2-10(8-12(14)17)19-16(22)15-11-9-18-5-4-13(11)20-21-15;/h2-3,8,18H,4-7,9H2,1H3,(H,19,22)(H,20,21);1H. The van der Waals surface area contributed by atoms with E-state index in [0.717, 1.165) is 24.2 Å². The first-order valence-electron chi connectivity index (χ1n) is 7.68. The molecule has 136 valence electrons. The van der Waals surface area contributed by atoms with Crippen LogP contribution in [0.4, 0.5) is 10.1 Å². The molecule has 1 aromatic heterocycles. The van der Waals surface area contributed by atoms with Crippen LogP contribution in [0.25, 0.3) is 0 Å². The van der Waals surface area contributed by atoms with E-state index in [1.54, 1.807) is 13.2 Å². The van der Waals surface area contributed by atoms with Crippen LogP contribution in [0.2, 0.25) is 0 Å². The van der Waals surface area contributed by atoms with Gasteiger partial charge in [0.25, 0.3) is 5.91 Å². The molecule has 0 saturated carbocycles. The lowest BCUT2D eigenvalue weighted by Gasteiger charge is -2.13. The van der Waals surface area contributed by atoms with Crippen molar-refractivity contribution in [1.29, 1.82) is 0 Å². The average molecular weight is 371 g/mol. The number of aromatic amines is 1. The Morgan fingerprint density at radius 3 is 3.00 bits per heavy atom. The molecule has 2 aromatic rings. The first kappa shape index (κ1) is 19.2. The fourth-order valence-electron chi connectivity index (χ4n) is 2.53. The molecule has 0 radical (unpaired) electrons. The first-order chi connectivity index (χ1) is 11.7. The minimum absolute atomic E-state index is 0. The number of methoxy groups -OCH3 is 1. The van der Waals surface area contributed by atoms with E-state index in [-0.39, 0.29) is 30.7 Å². The van der Waals surface area contributed by atoms with Crippen LogP contribution in [0.3, 0.4) is 0 Å². The van der Waals surface area contributed by atoms with Crippen molar-refractivity contribution in [3.8, 4) is 5.75 Å². The zero-order valence-corrected chi connectivity index (χ0v) is 14.5. The molecule has 25 heavy (non-hydrogen) atoms. The summed E-state index contributed by atoms with van der Waals surface area (Å²) >= 11 is 0. The van der Waals surface area contributed by atoms with E-state index in [1.165, 1.54) is 12.1 Å². The third kappa shape index (κ3) is 4.47. The second-order valence-corrected chi connectivity index (χ2v) is 5.40. The lowest BCUT2D eigenvalue weighted by molar-refractivity contribution is 0.102. The molecule has 0 unspecified atom stereocenters. The van der Waals surface area contributed by atoms with Crippen LogP contribution in [0.15, 0.2) is 18.2 Å². The van der Waals surface area contributed by atoms with Gasteiger partial charge in [-0.25, -0.2) is 4.39 Å². The number of aromatic nitrogens is 2. The van der Waals surface area contributed by atoms with Gasteiger partial charge in [0.05, 0.1) is 6.61 Å². The Labute approximate surface area is 150 Å². The van der Waals surface area contributed by atoms with Crippen LogP contribution in [-0.2, 0) is 17.7 Å². The van der Waals surface area contributed by atoms with Gasteiger partial charge in [0.15, 0.2) is 17.3 Å². The largest absolute Gasteiger partial charge is 0.488 e. The molecule has 9 heteroatoms. The first-order valence-corrected chi connectivity index (χ1v) is 7.68. The fraction of sp³-hybridized carbons (Fsp3) is 0.375. The smallest absolute Gasteiger partial charge is 0.276 e. The number of halogens is 2. The van der Waals surface area contributed by atoms with Gasteiger partial charge in [-0.3, -0.25) is 9.89 Å². The van der Waals surface area contributed by atoms with Crippen LogP contribution in [0, 0.1) is 5.82 Å². The molecular formula is C16H20ClFN4O3. The number of nitrogens with one attached hydrogen (secondary N) is 3. The molecular weight excluding hydrogens is 351 g/mol. The van der Waals surface area contributed by atoms with Crippen molar-refractivity contribution in [2.24, 2.45) is 0 Å². The molecule has 1 amide bonds. The monoisotopic (exact) mass is 370 g/mol. The van der Waals surface area contributed by atoms with Crippen molar-refractivity contribution < 1.29 is 18.7 Å². The molecule has 0 atom stereocenters. The highest BCUT2D eigenvalue weighted by Gasteiger charge is 2.21. The second-order valence-electron chi connectivity index (χ2n) is 5.40. The minimum atomic E-state index is -0.547. The van der Waals surface area contributed by atoms with E-state index >= 15 is 0 Å². The molecule has 0 fully saturated rings. The van der Waals surface area contributed by atoms with E-state index in [2.05, 4.69) is 20.8 Å². The Balaban J connectivity index is 0.00000225.